The molecule has 0 saturated carbocycles. The summed E-state index contributed by atoms with van der Waals surface area (Å²) in [6.45, 7) is 1.71. The normalized spacial score (nSPS) is 12.2. The third-order valence-electron chi connectivity index (χ3n) is 2.91. The van der Waals surface area contributed by atoms with Gasteiger partial charge in [-0.2, -0.15) is 13.2 Å². The van der Waals surface area contributed by atoms with Crippen molar-refractivity contribution in [3.63, 3.8) is 0 Å². The van der Waals surface area contributed by atoms with Crippen molar-refractivity contribution in [2.75, 3.05) is 10.5 Å². The Balaban J connectivity index is 2.39. The predicted molar refractivity (Wildman–Crippen MR) is 77.8 cm³/mol. The minimum atomic E-state index is -4.66. The molecule has 8 heteroatoms. The molecule has 2 rings (SSSR count). The second kappa shape index (κ2) is 5.53. The van der Waals surface area contributed by atoms with Crippen LogP contribution in [0.4, 0.5) is 24.5 Å². The second-order valence-electron chi connectivity index (χ2n) is 4.72. The maximum absolute atomic E-state index is 12.8. The molecule has 2 aromatic rings. The van der Waals surface area contributed by atoms with Gasteiger partial charge in [0.2, 0.25) is 0 Å². The number of halogens is 3. The Bertz CT molecular complexity index is 802. The van der Waals surface area contributed by atoms with E-state index in [0.717, 1.165) is 11.6 Å². The summed E-state index contributed by atoms with van der Waals surface area (Å²) in [6, 6.07) is 8.90. The molecule has 0 spiro atoms. The summed E-state index contributed by atoms with van der Waals surface area (Å²) < 4.78 is 64.8. The maximum atomic E-state index is 12.8. The van der Waals surface area contributed by atoms with Crippen molar-refractivity contribution in [1.29, 1.82) is 0 Å². The van der Waals surface area contributed by atoms with Gasteiger partial charge in [-0.05, 0) is 42.8 Å². The molecule has 0 atom stereocenters. The lowest BCUT2D eigenvalue weighted by atomic mass is 10.1. The van der Waals surface area contributed by atoms with Crippen LogP contribution in [0.5, 0.6) is 0 Å². The largest absolute Gasteiger partial charge is 0.418 e. The first-order valence-electron chi connectivity index (χ1n) is 6.16. The topological polar surface area (TPSA) is 72.2 Å². The van der Waals surface area contributed by atoms with E-state index >= 15 is 0 Å². The van der Waals surface area contributed by atoms with Crippen LogP contribution in [-0.2, 0) is 16.2 Å². The fourth-order valence-corrected chi connectivity index (χ4v) is 3.02. The van der Waals surface area contributed by atoms with Gasteiger partial charge in [-0.3, -0.25) is 4.72 Å². The van der Waals surface area contributed by atoms with E-state index in [1.54, 1.807) is 19.1 Å². The highest BCUT2D eigenvalue weighted by atomic mass is 32.2. The maximum Gasteiger partial charge on any atom is 0.418 e. The van der Waals surface area contributed by atoms with Crippen LogP contribution in [0.15, 0.2) is 47.4 Å². The number of sulfonamides is 1. The van der Waals surface area contributed by atoms with Gasteiger partial charge in [0, 0.05) is 11.4 Å². The molecule has 0 saturated heterocycles. The summed E-state index contributed by atoms with van der Waals surface area (Å²) >= 11 is 0. The van der Waals surface area contributed by atoms with Gasteiger partial charge in [0.1, 0.15) is 0 Å². The zero-order valence-electron chi connectivity index (χ0n) is 11.5. The van der Waals surface area contributed by atoms with E-state index in [-0.39, 0.29) is 10.6 Å². The number of aryl methyl sites for hydroxylation is 1. The van der Waals surface area contributed by atoms with E-state index in [1.807, 2.05) is 0 Å². The molecule has 22 heavy (non-hydrogen) atoms. The smallest absolute Gasteiger partial charge is 0.398 e. The van der Waals surface area contributed by atoms with Gasteiger partial charge in [-0.1, -0.05) is 12.1 Å². The minimum absolute atomic E-state index is 0.0297. The van der Waals surface area contributed by atoms with Crippen molar-refractivity contribution in [3.05, 3.63) is 53.6 Å². The van der Waals surface area contributed by atoms with E-state index < -0.39 is 27.5 Å². The first-order valence-corrected chi connectivity index (χ1v) is 7.64. The Morgan fingerprint density at radius 1 is 1.09 bits per heavy atom. The van der Waals surface area contributed by atoms with E-state index in [4.69, 9.17) is 5.73 Å². The lowest BCUT2D eigenvalue weighted by molar-refractivity contribution is -0.136. The fraction of sp³-hybridized carbons (Fsp3) is 0.143. The van der Waals surface area contributed by atoms with Crippen LogP contribution in [0.2, 0.25) is 0 Å². The van der Waals surface area contributed by atoms with E-state index in [0.29, 0.717) is 6.07 Å². The van der Waals surface area contributed by atoms with Crippen LogP contribution in [0, 0.1) is 6.92 Å². The monoisotopic (exact) mass is 330 g/mol. The van der Waals surface area contributed by atoms with Crippen LogP contribution in [-0.4, -0.2) is 8.42 Å². The number of benzene rings is 2. The average molecular weight is 330 g/mol. The van der Waals surface area contributed by atoms with Crippen molar-refractivity contribution in [2.24, 2.45) is 0 Å². The lowest BCUT2D eigenvalue weighted by Gasteiger charge is -2.13. The van der Waals surface area contributed by atoms with Crippen molar-refractivity contribution in [1.82, 2.24) is 0 Å². The highest BCUT2D eigenvalue weighted by Crippen LogP contribution is 2.35. The number of nitrogens with one attached hydrogen (secondary N) is 1. The molecule has 0 aromatic heterocycles. The molecular weight excluding hydrogens is 317 g/mol. The molecule has 3 N–H and O–H groups in total. The van der Waals surface area contributed by atoms with E-state index in [1.165, 1.54) is 18.2 Å². The van der Waals surface area contributed by atoms with E-state index in [2.05, 4.69) is 4.72 Å². The molecule has 0 radical (unpaired) electrons. The summed E-state index contributed by atoms with van der Waals surface area (Å²) in [5.41, 5.74) is 4.23. The number of nitrogens with two attached hydrogens (primary N) is 1. The van der Waals surface area contributed by atoms with Crippen LogP contribution in [0.25, 0.3) is 0 Å². The van der Waals surface area contributed by atoms with E-state index in [9.17, 15) is 21.6 Å². The van der Waals surface area contributed by atoms with Crippen LogP contribution in [0.1, 0.15) is 11.1 Å². The first kappa shape index (κ1) is 16.2. The fourth-order valence-electron chi connectivity index (χ4n) is 1.86. The predicted octanol–water partition coefficient (Wildman–Crippen LogP) is 3.40. The SMILES string of the molecule is Cc1cccc(S(=O)(=O)Nc2ccc(N)c(C(F)(F)F)c2)c1. The average Bonchev–Trinajstić information content (AvgIpc) is 2.39. The van der Waals surface area contributed by atoms with Crippen LogP contribution >= 0.6 is 0 Å². The molecule has 0 aliphatic rings. The minimum Gasteiger partial charge on any atom is -0.398 e. The quantitative estimate of drug-likeness (QED) is 0.847. The number of hydrogen-bond acceptors (Lipinski definition) is 3. The standard InChI is InChI=1S/C14H13F3N2O2S/c1-9-3-2-4-11(7-9)22(20,21)19-10-5-6-13(18)12(8-10)14(15,16)17/h2-8,19H,18H2,1H3. The molecule has 0 heterocycles. The highest BCUT2D eigenvalue weighted by molar-refractivity contribution is 7.92. The van der Waals surface area contributed by atoms with Crippen molar-refractivity contribution >= 4 is 21.4 Å². The molecular formula is C14H13F3N2O2S. The third kappa shape index (κ3) is 3.51. The third-order valence-corrected chi connectivity index (χ3v) is 4.29. The molecule has 0 aliphatic heterocycles. The molecule has 0 bridgehead atoms. The molecule has 4 nitrogen and oxygen atoms in total. The van der Waals surface area contributed by atoms with Gasteiger partial charge in [0.05, 0.1) is 10.5 Å². The van der Waals surface area contributed by atoms with Gasteiger partial charge in [-0.25, -0.2) is 8.42 Å². The van der Waals surface area contributed by atoms with Gasteiger partial charge < -0.3 is 5.73 Å². The zero-order chi connectivity index (χ0) is 16.5. The van der Waals surface area contributed by atoms with Crippen LogP contribution < -0.4 is 10.5 Å². The van der Waals surface area contributed by atoms with Gasteiger partial charge in [0.25, 0.3) is 10.0 Å². The van der Waals surface area contributed by atoms with Gasteiger partial charge >= 0.3 is 6.18 Å². The summed E-state index contributed by atoms with van der Waals surface area (Å²) in [4.78, 5) is -0.0297. The number of nitrogen functional groups attached to an aromatic ring is 1. The summed E-state index contributed by atoms with van der Waals surface area (Å²) in [7, 11) is -3.97. The number of anilines is 2. The summed E-state index contributed by atoms with van der Waals surface area (Å²) in [6.07, 6.45) is -4.66. The molecule has 2 aromatic carbocycles. The Hall–Kier alpha value is -2.22. The Morgan fingerprint density at radius 3 is 2.36 bits per heavy atom. The van der Waals surface area contributed by atoms with Crippen molar-refractivity contribution < 1.29 is 21.6 Å². The lowest BCUT2D eigenvalue weighted by Crippen LogP contribution is -2.15. The molecule has 0 amide bonds. The Morgan fingerprint density at radius 2 is 1.77 bits per heavy atom. The van der Waals surface area contributed by atoms with Crippen LogP contribution in [0.3, 0.4) is 0 Å². The molecule has 0 fully saturated rings. The van der Waals surface area contributed by atoms with Gasteiger partial charge in [0.15, 0.2) is 0 Å². The molecule has 118 valence electrons. The molecule has 0 unspecified atom stereocenters. The van der Waals surface area contributed by atoms with Crippen molar-refractivity contribution in [2.45, 2.75) is 18.0 Å². The number of alkyl halides is 3. The Kier molecular flexibility index (Phi) is 4.06. The summed E-state index contributed by atoms with van der Waals surface area (Å²) in [5.74, 6) is 0. The number of hydrogen-bond donors (Lipinski definition) is 2. The zero-order valence-corrected chi connectivity index (χ0v) is 12.3. The van der Waals surface area contributed by atoms with Crippen molar-refractivity contribution in [3.8, 4) is 0 Å². The summed E-state index contributed by atoms with van der Waals surface area (Å²) in [5, 5.41) is 0. The van der Waals surface area contributed by atoms with Gasteiger partial charge in [-0.15, -0.1) is 0 Å². The second-order valence-corrected chi connectivity index (χ2v) is 6.40. The molecule has 0 aliphatic carbocycles. The Labute approximate surface area is 125 Å². The highest BCUT2D eigenvalue weighted by Gasteiger charge is 2.33. The number of rotatable bonds is 3. The first-order chi connectivity index (χ1) is 10.1.